The molecule has 12 atom stereocenters. The summed E-state index contributed by atoms with van der Waals surface area (Å²) < 4.78 is 22.7. The summed E-state index contributed by atoms with van der Waals surface area (Å²) in [4.78, 5) is 13.2. The number of carbonyl (C=O) groups is 1. The molecule has 432 valence electrons. The molecule has 2 aliphatic heterocycles. The maximum Gasteiger partial charge on any atom is 0.220 e. The number of carbonyl (C=O) groups excluding carboxylic acids is 1. The number of hydrogen-bond acceptors (Lipinski definition) is 13. The highest BCUT2D eigenvalue weighted by Crippen LogP contribution is 2.30. The van der Waals surface area contributed by atoms with Crippen LogP contribution in [0.1, 0.15) is 200 Å². The number of hydrogen-bond donors (Lipinski definition) is 9. The topological polar surface area (TPSA) is 228 Å². The van der Waals surface area contributed by atoms with Crippen LogP contribution in [-0.4, -0.2) is 140 Å². The second-order valence-electron chi connectivity index (χ2n) is 20.4. The summed E-state index contributed by atoms with van der Waals surface area (Å²) in [7, 11) is 0. The predicted molar refractivity (Wildman–Crippen MR) is 300 cm³/mol. The van der Waals surface area contributed by atoms with Gasteiger partial charge >= 0.3 is 0 Å². The number of amides is 1. The Morgan fingerprint density at radius 3 is 1.47 bits per heavy atom. The first kappa shape index (κ1) is 68.3. The number of nitrogens with one attached hydrogen (secondary N) is 1. The molecule has 14 nitrogen and oxygen atoms in total. The molecule has 1 amide bonds. The Hall–Kier alpha value is -2.83. The lowest BCUT2D eigenvalue weighted by Crippen LogP contribution is -2.65. The zero-order valence-corrected chi connectivity index (χ0v) is 46.3. The average molecular weight is 1060 g/mol. The standard InChI is InChI=1S/C61H105NO13/c1-3-5-7-9-11-13-15-17-19-21-22-23-24-25-26-27-28-29-31-33-35-37-39-41-43-45-53(66)62-49(50(65)44-42-40-38-36-34-32-30-20-18-16-14-12-10-8-6-4-2)48-72-60-58(71)56(69)59(52(47-64)74-60)75-61-57(70)55(68)54(67)51(46-63)73-61/h5,7,11,13,17-20,22-23,34,36,42,44,49-52,54-61,63-65,67-71H,3-4,6,8-10,12,14-16,21,24-33,35,37-41,43,45-48H2,1-2H3,(H,62,66)/b7-5-,13-11-,19-17-,20-18+,23-22-,36-34+,44-42+. The zero-order valence-electron chi connectivity index (χ0n) is 46.3. The molecular formula is C61H105NO13. The van der Waals surface area contributed by atoms with E-state index in [0.717, 1.165) is 77.0 Å². The van der Waals surface area contributed by atoms with Gasteiger partial charge in [0.05, 0.1) is 32.0 Å². The largest absolute Gasteiger partial charge is 0.394 e. The smallest absolute Gasteiger partial charge is 0.220 e. The van der Waals surface area contributed by atoms with Crippen molar-refractivity contribution in [1.82, 2.24) is 5.32 Å². The summed E-state index contributed by atoms with van der Waals surface area (Å²) in [6.07, 6.45) is 44.7. The number of aliphatic hydroxyl groups is 8. The van der Waals surface area contributed by atoms with E-state index < -0.39 is 86.8 Å². The average Bonchev–Trinajstić information content (AvgIpc) is 3.41. The number of rotatable bonds is 45. The van der Waals surface area contributed by atoms with E-state index in [1.165, 1.54) is 89.9 Å². The van der Waals surface area contributed by atoms with Gasteiger partial charge in [-0.3, -0.25) is 4.79 Å². The predicted octanol–water partition coefficient (Wildman–Crippen LogP) is 9.72. The van der Waals surface area contributed by atoms with E-state index in [2.05, 4.69) is 92.1 Å². The van der Waals surface area contributed by atoms with Crippen molar-refractivity contribution in [1.29, 1.82) is 0 Å². The summed E-state index contributed by atoms with van der Waals surface area (Å²) in [5.74, 6) is -0.259. The SMILES string of the molecule is CC/C=C\C/C=C\C/C=C\C/C=C\CCCCCCCCCCCCCCC(=O)NC(COC1OC(CO)C(OC2OC(CO)C(O)C(O)C2O)C(O)C1O)C(O)/C=C/CC/C=C/CC/C=C/CCCCCCCC. The summed E-state index contributed by atoms with van der Waals surface area (Å²) in [5, 5.41) is 87.0. The van der Waals surface area contributed by atoms with Crippen LogP contribution in [0, 0.1) is 0 Å². The van der Waals surface area contributed by atoms with Gasteiger partial charge < -0.3 is 65.1 Å². The van der Waals surface area contributed by atoms with Crippen LogP contribution in [0.3, 0.4) is 0 Å². The van der Waals surface area contributed by atoms with Crippen molar-refractivity contribution in [2.24, 2.45) is 0 Å². The molecule has 2 aliphatic rings. The summed E-state index contributed by atoms with van der Waals surface area (Å²) >= 11 is 0. The van der Waals surface area contributed by atoms with Crippen LogP contribution in [0.15, 0.2) is 85.1 Å². The normalized spacial score (nSPS) is 25.7. The molecule has 0 spiro atoms. The Morgan fingerprint density at radius 1 is 0.493 bits per heavy atom. The number of ether oxygens (including phenoxy) is 4. The maximum absolute atomic E-state index is 13.2. The Kier molecular flexibility index (Phi) is 42.0. The maximum atomic E-state index is 13.2. The number of unbranched alkanes of at least 4 members (excludes halogenated alkanes) is 20. The fourth-order valence-electron chi connectivity index (χ4n) is 9.08. The lowest BCUT2D eigenvalue weighted by Gasteiger charge is -2.46. The molecule has 0 bridgehead atoms. The first-order valence-corrected chi connectivity index (χ1v) is 29.3. The minimum atomic E-state index is -1.80. The van der Waals surface area contributed by atoms with E-state index in [1.54, 1.807) is 6.08 Å². The lowest BCUT2D eigenvalue weighted by molar-refractivity contribution is -0.359. The molecule has 9 N–H and O–H groups in total. The molecule has 0 aromatic carbocycles. The van der Waals surface area contributed by atoms with Crippen LogP contribution in [0.4, 0.5) is 0 Å². The third-order valence-corrected chi connectivity index (χ3v) is 13.8. The van der Waals surface area contributed by atoms with Gasteiger partial charge in [0, 0.05) is 6.42 Å². The van der Waals surface area contributed by atoms with Gasteiger partial charge in [0.15, 0.2) is 12.6 Å². The van der Waals surface area contributed by atoms with Gasteiger partial charge in [0.2, 0.25) is 5.91 Å². The minimum Gasteiger partial charge on any atom is -0.394 e. The van der Waals surface area contributed by atoms with Gasteiger partial charge in [0.25, 0.3) is 0 Å². The van der Waals surface area contributed by atoms with Crippen molar-refractivity contribution < 1.29 is 64.6 Å². The number of allylic oxidation sites excluding steroid dienone is 13. The Bertz CT molecular complexity index is 1580. The van der Waals surface area contributed by atoms with E-state index in [1.807, 2.05) is 6.08 Å². The van der Waals surface area contributed by atoms with Gasteiger partial charge in [-0.25, -0.2) is 0 Å². The number of aliphatic hydroxyl groups excluding tert-OH is 8. The van der Waals surface area contributed by atoms with Crippen molar-refractivity contribution in [3.8, 4) is 0 Å². The van der Waals surface area contributed by atoms with E-state index >= 15 is 0 Å². The second kappa shape index (κ2) is 46.1. The van der Waals surface area contributed by atoms with Crippen LogP contribution in [0.2, 0.25) is 0 Å². The Labute approximate surface area is 452 Å². The first-order chi connectivity index (χ1) is 36.6. The third-order valence-electron chi connectivity index (χ3n) is 13.8. The summed E-state index contributed by atoms with van der Waals surface area (Å²) in [6, 6.07) is -0.943. The van der Waals surface area contributed by atoms with Crippen molar-refractivity contribution >= 4 is 5.91 Å². The van der Waals surface area contributed by atoms with Crippen molar-refractivity contribution in [3.05, 3.63) is 85.1 Å². The fourth-order valence-corrected chi connectivity index (χ4v) is 9.08. The van der Waals surface area contributed by atoms with Crippen LogP contribution in [0.25, 0.3) is 0 Å². The molecule has 12 unspecified atom stereocenters. The van der Waals surface area contributed by atoms with Crippen molar-refractivity contribution in [3.63, 3.8) is 0 Å². The second-order valence-corrected chi connectivity index (χ2v) is 20.4. The summed E-state index contributed by atoms with van der Waals surface area (Å²) in [5.41, 5.74) is 0. The first-order valence-electron chi connectivity index (χ1n) is 29.3. The highest BCUT2D eigenvalue weighted by atomic mass is 16.7. The molecule has 2 heterocycles. The van der Waals surface area contributed by atoms with Crippen LogP contribution >= 0.6 is 0 Å². The van der Waals surface area contributed by atoms with Crippen molar-refractivity contribution in [2.75, 3.05) is 19.8 Å². The molecule has 75 heavy (non-hydrogen) atoms. The Balaban J connectivity index is 1.77. The highest BCUT2D eigenvalue weighted by molar-refractivity contribution is 5.76. The quantitative estimate of drug-likeness (QED) is 0.0205. The zero-order chi connectivity index (χ0) is 54.6. The van der Waals surface area contributed by atoms with Gasteiger partial charge in [-0.15, -0.1) is 0 Å². The van der Waals surface area contributed by atoms with Gasteiger partial charge in [-0.05, 0) is 83.5 Å². The van der Waals surface area contributed by atoms with E-state index in [4.69, 9.17) is 18.9 Å². The molecule has 0 radical (unpaired) electrons. The highest BCUT2D eigenvalue weighted by Gasteiger charge is 2.51. The molecule has 0 saturated carbocycles. The molecule has 0 aromatic heterocycles. The molecule has 2 rings (SSSR count). The molecule has 14 heteroatoms. The van der Waals surface area contributed by atoms with Crippen LogP contribution < -0.4 is 5.32 Å². The van der Waals surface area contributed by atoms with Crippen LogP contribution in [0.5, 0.6) is 0 Å². The molecule has 0 aliphatic carbocycles. The third kappa shape index (κ3) is 32.0. The van der Waals surface area contributed by atoms with Crippen molar-refractivity contribution in [2.45, 2.75) is 274 Å². The minimum absolute atomic E-state index is 0.259. The van der Waals surface area contributed by atoms with Crippen LogP contribution in [-0.2, 0) is 23.7 Å². The van der Waals surface area contributed by atoms with Gasteiger partial charge in [-0.2, -0.15) is 0 Å². The Morgan fingerprint density at radius 2 is 0.933 bits per heavy atom. The van der Waals surface area contributed by atoms with E-state index in [0.29, 0.717) is 12.8 Å². The molecular weight excluding hydrogens is 955 g/mol. The summed E-state index contributed by atoms with van der Waals surface area (Å²) in [6.45, 7) is 2.64. The monoisotopic (exact) mass is 1060 g/mol. The lowest BCUT2D eigenvalue weighted by atomic mass is 9.97. The van der Waals surface area contributed by atoms with Gasteiger partial charge in [-0.1, -0.05) is 195 Å². The van der Waals surface area contributed by atoms with E-state index in [9.17, 15) is 45.6 Å². The van der Waals surface area contributed by atoms with E-state index in [-0.39, 0.29) is 18.9 Å². The molecule has 2 fully saturated rings. The van der Waals surface area contributed by atoms with Gasteiger partial charge in [0.1, 0.15) is 48.8 Å². The molecule has 2 saturated heterocycles. The molecule has 0 aromatic rings. The fraction of sp³-hybridized carbons (Fsp3) is 0.754.